The molecule has 1 aromatic heterocycles. The van der Waals surface area contributed by atoms with Gasteiger partial charge in [0.15, 0.2) is 0 Å². The molecule has 3 N–H and O–H groups in total. The van der Waals surface area contributed by atoms with Crippen molar-refractivity contribution in [1.82, 2.24) is 14.5 Å². The van der Waals surface area contributed by atoms with Crippen molar-refractivity contribution in [3.05, 3.63) is 48.3 Å². The van der Waals surface area contributed by atoms with E-state index in [1.54, 1.807) is 4.68 Å². The second kappa shape index (κ2) is 5.96. The van der Waals surface area contributed by atoms with Gasteiger partial charge in [-0.15, -0.1) is 0 Å². The van der Waals surface area contributed by atoms with Crippen LogP contribution in [0.25, 0.3) is 0 Å². The fourth-order valence-electron chi connectivity index (χ4n) is 1.62. The maximum Gasteiger partial charge on any atom is 0.243 e. The van der Waals surface area contributed by atoms with E-state index >= 15 is 0 Å². The molecule has 19 heavy (non-hydrogen) atoms. The third-order valence-corrected chi connectivity index (χ3v) is 3.96. The minimum absolute atomic E-state index is 0.150. The molecule has 0 radical (unpaired) electrons. The van der Waals surface area contributed by atoms with Gasteiger partial charge in [-0.1, -0.05) is 30.3 Å². The van der Waals surface area contributed by atoms with Crippen molar-refractivity contribution in [2.75, 3.05) is 13.1 Å². The second-order valence-electron chi connectivity index (χ2n) is 4.05. The SMILES string of the molecule is NCCNS(=O)(=O)c1cnn(Cc2ccccc2)c1. The summed E-state index contributed by atoms with van der Waals surface area (Å²) < 4.78 is 27.7. The van der Waals surface area contributed by atoms with Gasteiger partial charge in [0.2, 0.25) is 10.0 Å². The average Bonchev–Trinajstić information content (AvgIpc) is 2.87. The fourth-order valence-corrected chi connectivity index (χ4v) is 2.62. The van der Waals surface area contributed by atoms with Crippen molar-refractivity contribution in [3.8, 4) is 0 Å². The Morgan fingerprint density at radius 2 is 2.00 bits per heavy atom. The van der Waals surface area contributed by atoms with Gasteiger partial charge < -0.3 is 5.73 Å². The van der Waals surface area contributed by atoms with Crippen molar-refractivity contribution in [3.63, 3.8) is 0 Å². The van der Waals surface area contributed by atoms with Crippen LogP contribution in [0.15, 0.2) is 47.6 Å². The van der Waals surface area contributed by atoms with Crippen LogP contribution in [0.1, 0.15) is 5.56 Å². The maximum absolute atomic E-state index is 11.8. The van der Waals surface area contributed by atoms with Gasteiger partial charge in [0.1, 0.15) is 4.90 Å². The van der Waals surface area contributed by atoms with Crippen LogP contribution in [0.3, 0.4) is 0 Å². The molecular weight excluding hydrogens is 264 g/mol. The van der Waals surface area contributed by atoms with Gasteiger partial charge in [-0.25, -0.2) is 13.1 Å². The highest BCUT2D eigenvalue weighted by molar-refractivity contribution is 7.89. The Kier molecular flexibility index (Phi) is 4.31. The normalized spacial score (nSPS) is 11.6. The second-order valence-corrected chi connectivity index (χ2v) is 5.81. The summed E-state index contributed by atoms with van der Waals surface area (Å²) in [6.45, 7) is 1.01. The maximum atomic E-state index is 11.8. The molecule has 0 unspecified atom stereocenters. The molecule has 0 amide bonds. The minimum atomic E-state index is -3.51. The van der Waals surface area contributed by atoms with Crippen molar-refractivity contribution in [2.24, 2.45) is 5.73 Å². The molecule has 6 nitrogen and oxygen atoms in total. The zero-order chi connectivity index (χ0) is 13.7. The summed E-state index contributed by atoms with van der Waals surface area (Å²) in [7, 11) is -3.51. The van der Waals surface area contributed by atoms with E-state index < -0.39 is 10.0 Å². The summed E-state index contributed by atoms with van der Waals surface area (Å²) >= 11 is 0. The first kappa shape index (κ1) is 13.7. The minimum Gasteiger partial charge on any atom is -0.329 e. The first-order valence-electron chi connectivity index (χ1n) is 5.88. The molecule has 1 heterocycles. The summed E-state index contributed by atoms with van der Waals surface area (Å²) in [6.07, 6.45) is 2.84. The number of nitrogens with two attached hydrogens (primary N) is 1. The molecule has 0 atom stereocenters. The van der Waals surface area contributed by atoms with Crippen LogP contribution in [-0.4, -0.2) is 31.3 Å². The van der Waals surface area contributed by atoms with Crippen molar-refractivity contribution in [1.29, 1.82) is 0 Å². The van der Waals surface area contributed by atoms with Gasteiger partial charge in [-0.05, 0) is 5.56 Å². The van der Waals surface area contributed by atoms with E-state index in [1.807, 2.05) is 30.3 Å². The lowest BCUT2D eigenvalue weighted by Crippen LogP contribution is -2.28. The molecule has 0 saturated heterocycles. The van der Waals surface area contributed by atoms with Gasteiger partial charge in [0.25, 0.3) is 0 Å². The van der Waals surface area contributed by atoms with Crippen molar-refractivity contribution >= 4 is 10.0 Å². The van der Waals surface area contributed by atoms with E-state index in [-0.39, 0.29) is 18.0 Å². The Balaban J connectivity index is 2.11. The summed E-state index contributed by atoms with van der Waals surface area (Å²) in [6, 6.07) is 9.71. The zero-order valence-electron chi connectivity index (χ0n) is 10.4. The average molecular weight is 280 g/mol. The predicted molar refractivity (Wildman–Crippen MR) is 72.0 cm³/mol. The smallest absolute Gasteiger partial charge is 0.243 e. The number of benzene rings is 1. The predicted octanol–water partition coefficient (Wildman–Crippen LogP) is 0.168. The molecular formula is C12H16N4O2S. The van der Waals surface area contributed by atoms with Crippen molar-refractivity contribution in [2.45, 2.75) is 11.4 Å². The number of hydrogen-bond donors (Lipinski definition) is 2. The van der Waals surface area contributed by atoms with Gasteiger partial charge in [-0.2, -0.15) is 5.10 Å². The number of sulfonamides is 1. The quantitative estimate of drug-likeness (QED) is 0.789. The summed E-state index contributed by atoms with van der Waals surface area (Å²) in [5.41, 5.74) is 6.33. The van der Waals surface area contributed by atoms with Gasteiger partial charge >= 0.3 is 0 Å². The van der Waals surface area contributed by atoms with E-state index in [2.05, 4.69) is 9.82 Å². The van der Waals surface area contributed by atoms with Crippen LogP contribution < -0.4 is 10.5 Å². The zero-order valence-corrected chi connectivity index (χ0v) is 11.2. The van der Waals surface area contributed by atoms with Gasteiger partial charge in [0, 0.05) is 19.3 Å². The van der Waals surface area contributed by atoms with Gasteiger partial charge in [0.05, 0.1) is 12.7 Å². The molecule has 2 aromatic rings. The lowest BCUT2D eigenvalue weighted by molar-refractivity contribution is 0.582. The molecule has 0 aliphatic heterocycles. The monoisotopic (exact) mass is 280 g/mol. The number of hydrogen-bond acceptors (Lipinski definition) is 4. The largest absolute Gasteiger partial charge is 0.329 e. The van der Waals surface area contributed by atoms with Crippen LogP contribution in [0, 0.1) is 0 Å². The third kappa shape index (κ3) is 3.63. The number of nitrogens with one attached hydrogen (secondary N) is 1. The van der Waals surface area contributed by atoms with E-state index in [1.165, 1.54) is 12.4 Å². The topological polar surface area (TPSA) is 90.0 Å². The van der Waals surface area contributed by atoms with Crippen molar-refractivity contribution < 1.29 is 8.42 Å². The molecule has 0 fully saturated rings. The molecule has 0 aliphatic carbocycles. The number of aromatic nitrogens is 2. The molecule has 0 saturated carbocycles. The summed E-state index contributed by atoms with van der Waals surface area (Å²) in [4.78, 5) is 0.150. The van der Waals surface area contributed by atoms with E-state index in [9.17, 15) is 8.42 Å². The molecule has 2 rings (SSSR count). The van der Waals surface area contributed by atoms with Crippen LogP contribution in [0.2, 0.25) is 0 Å². The van der Waals surface area contributed by atoms with E-state index in [0.717, 1.165) is 5.56 Å². The molecule has 1 aromatic carbocycles. The highest BCUT2D eigenvalue weighted by Crippen LogP contribution is 2.08. The molecule has 102 valence electrons. The molecule has 7 heteroatoms. The van der Waals surface area contributed by atoms with Crippen LogP contribution in [0.4, 0.5) is 0 Å². The summed E-state index contributed by atoms with van der Waals surface area (Å²) in [5, 5.41) is 4.05. The molecule has 0 spiro atoms. The Bertz CT molecular complexity index is 622. The number of rotatable bonds is 6. The highest BCUT2D eigenvalue weighted by atomic mass is 32.2. The highest BCUT2D eigenvalue weighted by Gasteiger charge is 2.15. The molecule has 0 bridgehead atoms. The lowest BCUT2D eigenvalue weighted by atomic mass is 10.2. The van der Waals surface area contributed by atoms with E-state index in [4.69, 9.17) is 5.73 Å². The Hall–Kier alpha value is -1.70. The third-order valence-electron chi connectivity index (χ3n) is 2.54. The first-order valence-corrected chi connectivity index (χ1v) is 7.36. The number of nitrogens with zero attached hydrogens (tertiary/aromatic N) is 2. The Labute approximate surface area is 112 Å². The van der Waals surface area contributed by atoms with E-state index in [0.29, 0.717) is 6.54 Å². The summed E-state index contributed by atoms with van der Waals surface area (Å²) in [5.74, 6) is 0. The Morgan fingerprint density at radius 1 is 1.26 bits per heavy atom. The van der Waals surface area contributed by atoms with Gasteiger partial charge in [-0.3, -0.25) is 4.68 Å². The van der Waals surface area contributed by atoms with Crippen LogP contribution in [0.5, 0.6) is 0 Å². The fraction of sp³-hybridized carbons (Fsp3) is 0.250. The van der Waals surface area contributed by atoms with Crippen LogP contribution >= 0.6 is 0 Å². The standard InChI is InChI=1S/C12H16N4O2S/c13-6-7-15-19(17,18)12-8-14-16(10-12)9-11-4-2-1-3-5-11/h1-5,8,10,15H,6-7,9,13H2. The lowest BCUT2D eigenvalue weighted by Gasteiger charge is -2.02. The van der Waals surface area contributed by atoms with Crippen LogP contribution in [-0.2, 0) is 16.6 Å². The first-order chi connectivity index (χ1) is 9.12. The Morgan fingerprint density at radius 3 is 2.68 bits per heavy atom. The molecule has 0 aliphatic rings.